The number of nitrogens with one attached hydrogen (secondary N) is 1. The molecule has 2 rings (SSSR count). The molecular formula is C17H20FNO. The van der Waals surface area contributed by atoms with E-state index in [4.69, 9.17) is 4.74 Å². The molecule has 0 aliphatic rings. The Morgan fingerprint density at radius 1 is 1.10 bits per heavy atom. The van der Waals surface area contributed by atoms with Gasteiger partial charge in [-0.2, -0.15) is 0 Å². The van der Waals surface area contributed by atoms with Crippen LogP contribution in [0.2, 0.25) is 0 Å². The molecule has 0 bridgehead atoms. The number of rotatable bonds is 5. The highest BCUT2D eigenvalue weighted by Gasteiger charge is 2.11. The average molecular weight is 273 g/mol. The lowest BCUT2D eigenvalue weighted by Gasteiger charge is -2.16. The Bertz CT molecular complexity index is 581. The van der Waals surface area contributed by atoms with Gasteiger partial charge in [-0.05, 0) is 42.8 Å². The van der Waals surface area contributed by atoms with Crippen LogP contribution in [0.25, 0.3) is 0 Å². The molecule has 2 aromatic rings. The molecular weight excluding hydrogens is 253 g/mol. The molecule has 0 aliphatic heterocycles. The maximum Gasteiger partial charge on any atom is 0.132 e. The minimum absolute atomic E-state index is 0.250. The summed E-state index contributed by atoms with van der Waals surface area (Å²) < 4.78 is 19.3. The van der Waals surface area contributed by atoms with E-state index < -0.39 is 0 Å². The minimum Gasteiger partial charge on any atom is -0.457 e. The van der Waals surface area contributed by atoms with Crippen molar-refractivity contribution in [2.24, 2.45) is 0 Å². The highest BCUT2D eigenvalue weighted by atomic mass is 19.1. The van der Waals surface area contributed by atoms with Crippen molar-refractivity contribution in [3.8, 4) is 11.5 Å². The smallest absolute Gasteiger partial charge is 0.132 e. The van der Waals surface area contributed by atoms with Gasteiger partial charge in [0.2, 0.25) is 0 Å². The van der Waals surface area contributed by atoms with E-state index in [0.717, 1.165) is 16.9 Å². The van der Waals surface area contributed by atoms with Gasteiger partial charge in [0.05, 0.1) is 0 Å². The summed E-state index contributed by atoms with van der Waals surface area (Å²) >= 11 is 0. The SMILES string of the molecule is CNCc1cc(F)ccc1Oc1ccccc1C(C)C. The van der Waals surface area contributed by atoms with Gasteiger partial charge >= 0.3 is 0 Å². The van der Waals surface area contributed by atoms with Crippen molar-refractivity contribution < 1.29 is 9.13 Å². The molecule has 0 amide bonds. The van der Waals surface area contributed by atoms with E-state index >= 15 is 0 Å². The van der Waals surface area contributed by atoms with E-state index in [1.165, 1.54) is 12.1 Å². The zero-order valence-corrected chi connectivity index (χ0v) is 12.1. The summed E-state index contributed by atoms with van der Waals surface area (Å²) in [7, 11) is 1.83. The lowest BCUT2D eigenvalue weighted by molar-refractivity contribution is 0.463. The highest BCUT2D eigenvalue weighted by molar-refractivity contribution is 5.42. The van der Waals surface area contributed by atoms with E-state index in [0.29, 0.717) is 18.2 Å². The van der Waals surface area contributed by atoms with Crippen molar-refractivity contribution in [1.29, 1.82) is 0 Å². The molecule has 20 heavy (non-hydrogen) atoms. The third-order valence-electron chi connectivity index (χ3n) is 3.15. The van der Waals surface area contributed by atoms with E-state index in [9.17, 15) is 4.39 Å². The van der Waals surface area contributed by atoms with Crippen LogP contribution < -0.4 is 10.1 Å². The molecule has 2 nitrogen and oxygen atoms in total. The number of ether oxygens (including phenoxy) is 1. The van der Waals surface area contributed by atoms with E-state index in [1.807, 2.05) is 25.2 Å². The van der Waals surface area contributed by atoms with Crippen LogP contribution in [0, 0.1) is 5.82 Å². The summed E-state index contributed by atoms with van der Waals surface area (Å²) in [4.78, 5) is 0. The summed E-state index contributed by atoms with van der Waals surface area (Å²) in [5.74, 6) is 1.64. The topological polar surface area (TPSA) is 21.3 Å². The summed E-state index contributed by atoms with van der Waals surface area (Å²) in [6, 6.07) is 12.6. The summed E-state index contributed by atoms with van der Waals surface area (Å²) in [5, 5.41) is 3.03. The predicted octanol–water partition coefficient (Wildman–Crippen LogP) is 4.46. The third-order valence-corrected chi connectivity index (χ3v) is 3.15. The highest BCUT2D eigenvalue weighted by Crippen LogP contribution is 2.32. The lowest BCUT2D eigenvalue weighted by Crippen LogP contribution is -2.07. The second kappa shape index (κ2) is 6.53. The molecule has 3 heteroatoms. The molecule has 1 N–H and O–H groups in total. The Hall–Kier alpha value is -1.87. The molecule has 0 unspecified atom stereocenters. The fourth-order valence-electron chi connectivity index (χ4n) is 2.15. The lowest BCUT2D eigenvalue weighted by atomic mass is 10.0. The Labute approximate surface area is 119 Å². The number of para-hydroxylation sites is 1. The fraction of sp³-hybridized carbons (Fsp3) is 0.294. The Kier molecular flexibility index (Phi) is 4.74. The van der Waals surface area contributed by atoms with Gasteiger partial charge in [0.1, 0.15) is 17.3 Å². The first-order valence-corrected chi connectivity index (χ1v) is 6.81. The first-order chi connectivity index (χ1) is 9.61. The Morgan fingerprint density at radius 3 is 2.55 bits per heavy atom. The van der Waals surface area contributed by atoms with Crippen LogP contribution in [-0.4, -0.2) is 7.05 Å². The van der Waals surface area contributed by atoms with E-state index in [1.54, 1.807) is 6.07 Å². The first-order valence-electron chi connectivity index (χ1n) is 6.81. The average Bonchev–Trinajstić information content (AvgIpc) is 2.42. The van der Waals surface area contributed by atoms with Gasteiger partial charge in [-0.25, -0.2) is 4.39 Å². The first kappa shape index (κ1) is 14.5. The molecule has 106 valence electrons. The number of hydrogen-bond donors (Lipinski definition) is 1. The summed E-state index contributed by atoms with van der Waals surface area (Å²) in [5.41, 5.74) is 1.96. The molecule has 0 radical (unpaired) electrons. The quantitative estimate of drug-likeness (QED) is 0.868. The van der Waals surface area contributed by atoms with Gasteiger partial charge in [-0.15, -0.1) is 0 Å². The standard InChI is InChI=1S/C17H20FNO/c1-12(2)15-6-4-5-7-17(15)20-16-9-8-14(18)10-13(16)11-19-3/h4-10,12,19H,11H2,1-3H3. The molecule has 0 saturated carbocycles. The van der Waals surface area contributed by atoms with Gasteiger partial charge in [-0.3, -0.25) is 0 Å². The van der Waals surface area contributed by atoms with Crippen LogP contribution in [0.15, 0.2) is 42.5 Å². The van der Waals surface area contributed by atoms with Crippen molar-refractivity contribution in [1.82, 2.24) is 5.32 Å². The molecule has 0 aliphatic carbocycles. The molecule has 0 atom stereocenters. The molecule has 0 fully saturated rings. The number of hydrogen-bond acceptors (Lipinski definition) is 2. The van der Waals surface area contributed by atoms with Gasteiger partial charge in [0, 0.05) is 12.1 Å². The van der Waals surface area contributed by atoms with Crippen LogP contribution in [-0.2, 0) is 6.54 Å². The van der Waals surface area contributed by atoms with Crippen LogP contribution >= 0.6 is 0 Å². The molecule has 0 saturated heterocycles. The largest absolute Gasteiger partial charge is 0.457 e. The zero-order chi connectivity index (χ0) is 14.5. The van der Waals surface area contributed by atoms with Crippen molar-refractivity contribution in [2.45, 2.75) is 26.3 Å². The van der Waals surface area contributed by atoms with Crippen LogP contribution in [0.1, 0.15) is 30.9 Å². The van der Waals surface area contributed by atoms with Gasteiger partial charge < -0.3 is 10.1 Å². The monoisotopic (exact) mass is 273 g/mol. The van der Waals surface area contributed by atoms with Crippen molar-refractivity contribution in [3.63, 3.8) is 0 Å². The Balaban J connectivity index is 2.35. The fourth-order valence-corrected chi connectivity index (χ4v) is 2.15. The molecule has 2 aromatic carbocycles. The zero-order valence-electron chi connectivity index (χ0n) is 12.1. The summed E-state index contributed by atoms with van der Waals surface area (Å²) in [6.45, 7) is 4.82. The van der Waals surface area contributed by atoms with Gasteiger partial charge in [0.25, 0.3) is 0 Å². The van der Waals surface area contributed by atoms with Crippen molar-refractivity contribution in [3.05, 3.63) is 59.4 Å². The second-order valence-corrected chi connectivity index (χ2v) is 5.08. The predicted molar refractivity (Wildman–Crippen MR) is 79.8 cm³/mol. The van der Waals surface area contributed by atoms with Crippen molar-refractivity contribution in [2.75, 3.05) is 7.05 Å². The molecule has 0 spiro atoms. The normalized spacial score (nSPS) is 10.8. The second-order valence-electron chi connectivity index (χ2n) is 5.08. The maximum atomic E-state index is 13.3. The van der Waals surface area contributed by atoms with Crippen LogP contribution in [0.3, 0.4) is 0 Å². The number of halogens is 1. The van der Waals surface area contributed by atoms with Gasteiger partial charge in [0.15, 0.2) is 0 Å². The minimum atomic E-state index is -0.250. The Morgan fingerprint density at radius 2 is 1.85 bits per heavy atom. The maximum absolute atomic E-state index is 13.3. The summed E-state index contributed by atoms with van der Waals surface area (Å²) in [6.07, 6.45) is 0. The van der Waals surface area contributed by atoms with Crippen LogP contribution in [0.5, 0.6) is 11.5 Å². The molecule has 0 aromatic heterocycles. The third kappa shape index (κ3) is 3.36. The van der Waals surface area contributed by atoms with E-state index in [2.05, 4.69) is 25.2 Å². The van der Waals surface area contributed by atoms with Crippen LogP contribution in [0.4, 0.5) is 4.39 Å². The van der Waals surface area contributed by atoms with Crippen molar-refractivity contribution >= 4 is 0 Å². The molecule has 0 heterocycles. The number of benzene rings is 2. The van der Waals surface area contributed by atoms with Gasteiger partial charge in [-0.1, -0.05) is 32.0 Å². The van der Waals surface area contributed by atoms with E-state index in [-0.39, 0.29) is 5.82 Å².